The third kappa shape index (κ3) is 5.66. The van der Waals surface area contributed by atoms with Crippen molar-refractivity contribution in [3.63, 3.8) is 0 Å². The quantitative estimate of drug-likeness (QED) is 0.173. The molecule has 0 aliphatic rings. The van der Waals surface area contributed by atoms with Crippen LogP contribution in [0.5, 0.6) is 0 Å². The van der Waals surface area contributed by atoms with Gasteiger partial charge in [-0.3, -0.25) is 9.13 Å². The highest BCUT2D eigenvalue weighted by atomic mass is 32.1. The molecule has 7 heteroatoms. The van der Waals surface area contributed by atoms with Crippen molar-refractivity contribution in [2.75, 3.05) is 0 Å². The highest BCUT2D eigenvalue weighted by Gasteiger charge is 2.22. The molecule has 0 unspecified atom stereocenters. The molecular weight excluding hydrogens is 813 g/mol. The lowest BCUT2D eigenvalue weighted by atomic mass is 10.1. The number of rotatable bonds is 5. The molecule has 0 fully saturated rings. The van der Waals surface area contributed by atoms with E-state index in [2.05, 4.69) is 215 Å². The van der Waals surface area contributed by atoms with Crippen LogP contribution in [-0.4, -0.2) is 29.1 Å². The van der Waals surface area contributed by atoms with E-state index in [9.17, 15) is 0 Å². The summed E-state index contributed by atoms with van der Waals surface area (Å²) in [5.41, 5.74) is 8.01. The highest BCUT2D eigenvalue weighted by molar-refractivity contribution is 7.25. The first-order valence-electron chi connectivity index (χ1n) is 21.8. The van der Waals surface area contributed by atoms with Crippen LogP contribution in [0.25, 0.3) is 131 Å². The molecule has 14 rings (SSSR count). The number of benzene rings is 9. The van der Waals surface area contributed by atoms with Gasteiger partial charge in [-0.2, -0.15) is 9.97 Å². The van der Waals surface area contributed by atoms with Gasteiger partial charge in [-0.15, -0.1) is 11.3 Å². The van der Waals surface area contributed by atoms with Crippen molar-refractivity contribution in [2.24, 2.45) is 0 Å². The zero-order chi connectivity index (χ0) is 42.6. The molecule has 0 atom stereocenters. The molecule has 0 N–H and O–H groups in total. The molecule has 9 aromatic carbocycles. The Labute approximate surface area is 376 Å². The normalized spacial score (nSPS) is 12.0. The van der Waals surface area contributed by atoms with E-state index in [0.29, 0.717) is 17.6 Å². The van der Waals surface area contributed by atoms with Crippen LogP contribution < -0.4 is 0 Å². The van der Waals surface area contributed by atoms with Gasteiger partial charge < -0.3 is 0 Å². The Morgan fingerprint density at radius 3 is 1.55 bits per heavy atom. The summed E-state index contributed by atoms with van der Waals surface area (Å²) in [4.78, 5) is 21.3. The van der Waals surface area contributed by atoms with Gasteiger partial charge >= 0.3 is 0 Å². The van der Waals surface area contributed by atoms with Crippen LogP contribution in [0.15, 0.2) is 206 Å². The molecule has 5 aromatic heterocycles. The number of para-hydroxylation sites is 2. The molecule has 0 saturated heterocycles. The summed E-state index contributed by atoms with van der Waals surface area (Å²) in [6, 6.07) is 73.3. The number of thiophene rings is 1. The molecule has 6 nitrogen and oxygen atoms in total. The summed E-state index contributed by atoms with van der Waals surface area (Å²) in [6.07, 6.45) is 0. The average molecular weight is 847 g/mol. The van der Waals surface area contributed by atoms with Gasteiger partial charge in [0.1, 0.15) is 5.82 Å². The lowest BCUT2D eigenvalue weighted by molar-refractivity contribution is 0.954. The minimum Gasteiger partial charge on any atom is -0.294 e. The van der Waals surface area contributed by atoms with Gasteiger partial charge in [-0.25, -0.2) is 9.97 Å². The van der Waals surface area contributed by atoms with E-state index in [1.807, 2.05) is 11.3 Å². The first kappa shape index (κ1) is 36.0. The second kappa shape index (κ2) is 14.0. The van der Waals surface area contributed by atoms with Crippen LogP contribution in [0.4, 0.5) is 0 Å². The number of hydrogen-bond acceptors (Lipinski definition) is 5. The maximum Gasteiger partial charge on any atom is 0.238 e. The van der Waals surface area contributed by atoms with Crippen molar-refractivity contribution >= 4 is 96.7 Å². The Morgan fingerprint density at radius 2 is 0.862 bits per heavy atom. The smallest absolute Gasteiger partial charge is 0.238 e. The lowest BCUT2D eigenvalue weighted by Gasteiger charge is -2.12. The first-order valence-corrected chi connectivity index (χ1v) is 22.6. The summed E-state index contributed by atoms with van der Waals surface area (Å²) in [5, 5.41) is 11.7. The molecule has 0 bridgehead atoms. The van der Waals surface area contributed by atoms with Gasteiger partial charge in [0.15, 0.2) is 11.6 Å². The molecule has 65 heavy (non-hydrogen) atoms. The third-order valence-corrected chi connectivity index (χ3v) is 14.1. The Balaban J connectivity index is 1.01. The Kier molecular flexibility index (Phi) is 7.75. The third-order valence-electron chi connectivity index (χ3n) is 12.9. The van der Waals surface area contributed by atoms with Gasteiger partial charge in [0.25, 0.3) is 0 Å². The van der Waals surface area contributed by atoms with E-state index in [1.54, 1.807) is 0 Å². The minimum atomic E-state index is 0.552. The predicted octanol–water partition coefficient (Wildman–Crippen LogP) is 15.1. The van der Waals surface area contributed by atoms with Crippen LogP contribution in [0.3, 0.4) is 0 Å². The lowest BCUT2D eigenvalue weighted by Crippen LogP contribution is -2.06. The standard InChI is InChI=1S/C58H34N6S/c1-3-14-37-30-40(26-24-35(37)12-1)56-60-57(41-27-25-36-13-2-4-15-38(36)31-41)62-58(61-56)64-50-21-9-6-17-43(50)46-33-45-42-16-5-8-20-49(42)63(51(45)34-52(46)64)55-23-11-19-48(59-55)39-28-29-54-47(32-39)44-18-7-10-22-53(44)65-54/h1-34H. The summed E-state index contributed by atoms with van der Waals surface area (Å²) in [7, 11) is 0. The van der Waals surface area contributed by atoms with Crippen molar-refractivity contribution in [1.82, 2.24) is 29.1 Å². The van der Waals surface area contributed by atoms with E-state index < -0.39 is 0 Å². The fourth-order valence-corrected chi connectivity index (χ4v) is 11.0. The maximum absolute atomic E-state index is 5.42. The van der Waals surface area contributed by atoms with Crippen LogP contribution in [0, 0.1) is 0 Å². The zero-order valence-corrected chi connectivity index (χ0v) is 35.5. The molecular formula is C58H34N6S. The van der Waals surface area contributed by atoms with Gasteiger partial charge in [0.05, 0.1) is 27.8 Å². The SMILES string of the molecule is c1cc(-c2ccc3sc4ccccc4c3c2)nc(-n2c3ccccc3c3cc4c5ccccc5n(-c5nc(-c6ccc7ccccc7c6)nc(-c6ccc7ccccc7c6)n5)c4cc32)c1. The fraction of sp³-hybridized carbons (Fsp3) is 0. The number of hydrogen-bond donors (Lipinski definition) is 0. The molecule has 302 valence electrons. The molecule has 5 heterocycles. The number of fused-ring (bicyclic) bond motifs is 11. The fourth-order valence-electron chi connectivity index (χ4n) is 9.87. The largest absolute Gasteiger partial charge is 0.294 e. The van der Waals surface area contributed by atoms with Gasteiger partial charge in [0.2, 0.25) is 5.95 Å². The van der Waals surface area contributed by atoms with Crippen molar-refractivity contribution in [2.45, 2.75) is 0 Å². The van der Waals surface area contributed by atoms with E-state index in [-0.39, 0.29) is 0 Å². The van der Waals surface area contributed by atoms with Crippen molar-refractivity contribution in [3.05, 3.63) is 206 Å². The highest BCUT2D eigenvalue weighted by Crippen LogP contribution is 2.41. The van der Waals surface area contributed by atoms with Crippen molar-refractivity contribution in [1.29, 1.82) is 0 Å². The van der Waals surface area contributed by atoms with Gasteiger partial charge in [-0.05, 0) is 88.3 Å². The van der Waals surface area contributed by atoms with Crippen LogP contribution in [-0.2, 0) is 0 Å². The molecule has 0 amide bonds. The zero-order valence-electron chi connectivity index (χ0n) is 34.7. The van der Waals surface area contributed by atoms with Crippen molar-refractivity contribution in [3.8, 4) is 45.8 Å². The molecule has 0 aliphatic carbocycles. The molecule has 0 radical (unpaired) electrons. The van der Waals surface area contributed by atoms with Gasteiger partial charge in [0, 0.05) is 58.4 Å². The van der Waals surface area contributed by atoms with E-state index in [4.69, 9.17) is 19.9 Å². The van der Waals surface area contributed by atoms with E-state index >= 15 is 0 Å². The van der Waals surface area contributed by atoms with Crippen LogP contribution in [0.2, 0.25) is 0 Å². The number of nitrogens with zero attached hydrogens (tertiary/aromatic N) is 6. The number of pyridine rings is 1. The topological polar surface area (TPSA) is 61.4 Å². The average Bonchev–Trinajstić information content (AvgIpc) is 4.02. The van der Waals surface area contributed by atoms with Crippen LogP contribution in [0.1, 0.15) is 0 Å². The summed E-state index contributed by atoms with van der Waals surface area (Å²) >= 11 is 1.83. The Bertz CT molecular complexity index is 4170. The van der Waals surface area contributed by atoms with Crippen molar-refractivity contribution < 1.29 is 0 Å². The molecule has 0 aliphatic heterocycles. The minimum absolute atomic E-state index is 0.552. The second-order valence-corrected chi connectivity index (χ2v) is 17.8. The summed E-state index contributed by atoms with van der Waals surface area (Å²) < 4.78 is 7.09. The van der Waals surface area contributed by atoms with E-state index in [0.717, 1.165) is 82.6 Å². The molecule has 14 aromatic rings. The Hall–Kier alpha value is -8.52. The van der Waals surface area contributed by atoms with E-state index in [1.165, 1.54) is 30.9 Å². The number of aromatic nitrogens is 6. The van der Waals surface area contributed by atoms with Crippen LogP contribution >= 0.6 is 11.3 Å². The summed E-state index contributed by atoms with van der Waals surface area (Å²) in [5.74, 6) is 2.62. The van der Waals surface area contributed by atoms with Gasteiger partial charge in [-0.1, -0.05) is 140 Å². The monoisotopic (exact) mass is 846 g/mol. The maximum atomic E-state index is 5.42. The molecule has 0 saturated carbocycles. The first-order chi connectivity index (χ1) is 32.2. The molecule has 0 spiro atoms. The summed E-state index contributed by atoms with van der Waals surface area (Å²) in [6.45, 7) is 0. The Morgan fingerprint density at radius 1 is 0.308 bits per heavy atom. The second-order valence-electron chi connectivity index (χ2n) is 16.7. The predicted molar refractivity (Wildman–Crippen MR) is 271 cm³/mol.